The smallest absolute Gasteiger partial charge is 0.267 e. The van der Waals surface area contributed by atoms with Crippen molar-refractivity contribution in [1.82, 2.24) is 13.8 Å². The van der Waals surface area contributed by atoms with Crippen molar-refractivity contribution in [2.45, 2.75) is 31.6 Å². The van der Waals surface area contributed by atoms with Crippen LogP contribution >= 0.6 is 0 Å². The first kappa shape index (κ1) is 27.6. The molecule has 1 saturated heterocycles. The summed E-state index contributed by atoms with van der Waals surface area (Å²) in [6, 6.07) is 4.18. The number of hydrogen-bond acceptors (Lipinski definition) is 6. The number of nitrogens with two attached hydrogens (primary N) is 1. The molecule has 1 aromatic heterocycles. The number of anilines is 1. The quantitative estimate of drug-likeness (QED) is 0.464. The van der Waals surface area contributed by atoms with Crippen LogP contribution in [-0.4, -0.2) is 80.0 Å². The first-order valence-electron chi connectivity index (χ1n) is 12.0. The van der Waals surface area contributed by atoms with Gasteiger partial charge in [-0.3, -0.25) is 14.0 Å². The van der Waals surface area contributed by atoms with Crippen molar-refractivity contribution in [3.05, 3.63) is 41.2 Å². The normalized spacial score (nSPS) is 15.1. The largest absolute Gasteiger partial charge is 0.493 e. The third-order valence-electron chi connectivity index (χ3n) is 6.19. The average Bonchev–Trinajstić information content (AvgIpc) is 3.18. The molecule has 2 heterocycles. The molecule has 0 aliphatic carbocycles. The molecule has 0 radical (unpaired) electrons. The minimum Gasteiger partial charge on any atom is -0.493 e. The Hall–Kier alpha value is -2.96. The van der Waals surface area contributed by atoms with E-state index in [4.69, 9.17) is 10.5 Å². The van der Waals surface area contributed by atoms with Crippen LogP contribution in [0.2, 0.25) is 0 Å². The summed E-state index contributed by atoms with van der Waals surface area (Å²) in [5.41, 5.74) is 6.71. The number of alkyl halides is 1. The zero-order valence-corrected chi connectivity index (χ0v) is 21.7. The number of rotatable bonds is 11. The zero-order valence-electron chi connectivity index (χ0n) is 20.9. The van der Waals surface area contributed by atoms with Crippen LogP contribution < -0.4 is 15.8 Å². The van der Waals surface area contributed by atoms with Gasteiger partial charge in [0.05, 0.1) is 29.4 Å². The minimum absolute atomic E-state index is 0.0285. The van der Waals surface area contributed by atoms with Gasteiger partial charge in [0.15, 0.2) is 0 Å². The highest BCUT2D eigenvalue weighted by Crippen LogP contribution is 2.29. The highest BCUT2D eigenvalue weighted by Gasteiger charge is 2.30. The molecule has 1 fully saturated rings. The Morgan fingerprint density at radius 1 is 1.17 bits per heavy atom. The molecule has 36 heavy (non-hydrogen) atoms. The first-order valence-corrected chi connectivity index (χ1v) is 13.4. The number of hydrogen-bond donors (Lipinski definition) is 2. The molecular formula is C24H34FN5O5S. The van der Waals surface area contributed by atoms with Crippen molar-refractivity contribution < 1.29 is 27.1 Å². The Balaban J connectivity index is 1.91. The van der Waals surface area contributed by atoms with Crippen molar-refractivity contribution in [2.24, 2.45) is 12.8 Å². The third kappa shape index (κ3) is 5.88. The summed E-state index contributed by atoms with van der Waals surface area (Å²) in [6.45, 7) is 5.65. The number of carbonyl (C=O) groups excluding carboxylic acids is 2. The lowest BCUT2D eigenvalue weighted by molar-refractivity contribution is 0.0993. The molecule has 0 unspecified atom stereocenters. The van der Waals surface area contributed by atoms with Gasteiger partial charge < -0.3 is 25.3 Å². The molecule has 198 valence electrons. The SMILES string of the molecule is CCOc1ccc(S(=O)(=O)N2CCN(CCCF)CC2)cc1C(=O)Nc1c(CC)cn(C)c1C(N)=O. The maximum Gasteiger partial charge on any atom is 0.267 e. The Morgan fingerprint density at radius 3 is 2.44 bits per heavy atom. The van der Waals surface area contributed by atoms with Crippen LogP contribution in [0, 0.1) is 0 Å². The van der Waals surface area contributed by atoms with E-state index in [1.165, 1.54) is 22.5 Å². The van der Waals surface area contributed by atoms with Crippen molar-refractivity contribution in [1.29, 1.82) is 0 Å². The summed E-state index contributed by atoms with van der Waals surface area (Å²) in [5.74, 6) is -1.09. The molecule has 12 heteroatoms. The van der Waals surface area contributed by atoms with Gasteiger partial charge in [-0.1, -0.05) is 6.92 Å². The summed E-state index contributed by atoms with van der Waals surface area (Å²) < 4.78 is 47.7. The number of aromatic nitrogens is 1. The number of nitrogens with zero attached hydrogens (tertiary/aromatic N) is 3. The molecule has 3 N–H and O–H groups in total. The van der Waals surface area contributed by atoms with E-state index in [1.54, 1.807) is 24.7 Å². The van der Waals surface area contributed by atoms with E-state index in [9.17, 15) is 22.4 Å². The van der Waals surface area contributed by atoms with Crippen molar-refractivity contribution >= 4 is 27.5 Å². The monoisotopic (exact) mass is 523 g/mol. The van der Waals surface area contributed by atoms with Crippen LogP contribution in [0.25, 0.3) is 0 Å². The molecule has 1 aliphatic rings. The van der Waals surface area contributed by atoms with E-state index in [0.29, 0.717) is 38.0 Å². The lowest BCUT2D eigenvalue weighted by Gasteiger charge is -2.33. The molecule has 2 amide bonds. The fourth-order valence-corrected chi connectivity index (χ4v) is 5.78. The van der Waals surface area contributed by atoms with Crippen LogP contribution in [0.3, 0.4) is 0 Å². The highest BCUT2D eigenvalue weighted by atomic mass is 32.2. The number of sulfonamides is 1. The number of nitrogens with one attached hydrogen (secondary N) is 1. The molecule has 1 aromatic carbocycles. The number of piperazine rings is 1. The van der Waals surface area contributed by atoms with Crippen molar-refractivity contribution in [2.75, 3.05) is 51.3 Å². The fraction of sp³-hybridized carbons (Fsp3) is 0.500. The van der Waals surface area contributed by atoms with Gasteiger partial charge in [-0.2, -0.15) is 4.31 Å². The molecule has 10 nitrogen and oxygen atoms in total. The zero-order chi connectivity index (χ0) is 26.5. The van der Waals surface area contributed by atoms with E-state index < -0.39 is 28.5 Å². The van der Waals surface area contributed by atoms with Crippen molar-refractivity contribution in [3.63, 3.8) is 0 Å². The van der Waals surface area contributed by atoms with Gasteiger partial charge in [-0.25, -0.2) is 8.42 Å². The molecular weight excluding hydrogens is 489 g/mol. The Labute approximate surface area is 211 Å². The molecule has 0 bridgehead atoms. The lowest BCUT2D eigenvalue weighted by atomic mass is 10.1. The molecule has 0 spiro atoms. The van der Waals surface area contributed by atoms with Gasteiger partial charge in [0.1, 0.15) is 11.4 Å². The predicted molar refractivity (Wildman–Crippen MR) is 135 cm³/mol. The number of benzene rings is 1. The number of primary amides is 1. The van der Waals surface area contributed by atoms with Crippen LogP contribution in [0.4, 0.5) is 10.1 Å². The van der Waals surface area contributed by atoms with E-state index in [-0.39, 0.29) is 47.3 Å². The van der Waals surface area contributed by atoms with Crippen LogP contribution in [0.1, 0.15) is 46.7 Å². The molecule has 0 atom stereocenters. The second kappa shape index (κ2) is 11.8. The van der Waals surface area contributed by atoms with Crippen LogP contribution in [0.5, 0.6) is 5.75 Å². The van der Waals surface area contributed by atoms with E-state index in [1.807, 2.05) is 11.8 Å². The second-order valence-electron chi connectivity index (χ2n) is 8.54. The maximum absolute atomic E-state index is 13.4. The van der Waals surface area contributed by atoms with Gasteiger partial charge >= 0.3 is 0 Å². The number of amides is 2. The Bertz CT molecular complexity index is 1210. The minimum atomic E-state index is -3.88. The third-order valence-corrected chi connectivity index (χ3v) is 8.08. The maximum atomic E-state index is 13.4. The van der Waals surface area contributed by atoms with Gasteiger partial charge in [-0.15, -0.1) is 0 Å². The molecule has 2 aromatic rings. The Kier molecular flexibility index (Phi) is 9.09. The van der Waals surface area contributed by atoms with Gasteiger partial charge in [0.25, 0.3) is 11.8 Å². The summed E-state index contributed by atoms with van der Waals surface area (Å²) >= 11 is 0. The molecule has 0 saturated carbocycles. The highest BCUT2D eigenvalue weighted by molar-refractivity contribution is 7.89. The van der Waals surface area contributed by atoms with Crippen LogP contribution in [0.15, 0.2) is 29.3 Å². The van der Waals surface area contributed by atoms with E-state index in [2.05, 4.69) is 5.32 Å². The number of halogens is 1. The number of carbonyl (C=O) groups is 2. The van der Waals surface area contributed by atoms with E-state index >= 15 is 0 Å². The second-order valence-corrected chi connectivity index (χ2v) is 10.5. The predicted octanol–water partition coefficient (Wildman–Crippen LogP) is 2.00. The fourth-order valence-electron chi connectivity index (χ4n) is 4.33. The van der Waals surface area contributed by atoms with Gasteiger partial charge in [0, 0.05) is 46.0 Å². The number of ether oxygens (including phenoxy) is 1. The number of aryl methyl sites for hydroxylation is 2. The summed E-state index contributed by atoms with van der Waals surface area (Å²) in [4.78, 5) is 27.4. The molecule has 3 rings (SSSR count). The van der Waals surface area contributed by atoms with E-state index in [0.717, 1.165) is 0 Å². The van der Waals surface area contributed by atoms with Crippen LogP contribution in [-0.2, 0) is 23.5 Å². The summed E-state index contributed by atoms with van der Waals surface area (Å²) in [5, 5.41) is 2.74. The lowest BCUT2D eigenvalue weighted by Crippen LogP contribution is -2.48. The van der Waals surface area contributed by atoms with Crippen molar-refractivity contribution in [3.8, 4) is 5.75 Å². The van der Waals surface area contributed by atoms with Gasteiger partial charge in [-0.05, 0) is 43.5 Å². The summed E-state index contributed by atoms with van der Waals surface area (Å²) in [7, 11) is -2.22. The topological polar surface area (TPSA) is 127 Å². The molecule has 1 aliphatic heterocycles. The average molecular weight is 524 g/mol. The standard InChI is InChI=1S/C24H34FN5O5S/c1-4-17-16-28(3)22(23(26)31)21(17)27-24(32)19-15-18(7-8-20(19)35-5-2)36(33,34)30-13-11-29(12-14-30)10-6-9-25/h7-8,15-16H,4-6,9-14H2,1-3H3,(H2,26,31)(H,27,32). The summed E-state index contributed by atoms with van der Waals surface area (Å²) in [6.07, 6.45) is 2.68. The first-order chi connectivity index (χ1) is 17.1. The van der Waals surface area contributed by atoms with Gasteiger partial charge in [0.2, 0.25) is 10.0 Å². The Morgan fingerprint density at radius 2 is 1.86 bits per heavy atom.